The molecule has 1 amide bonds. The van der Waals surface area contributed by atoms with E-state index in [-0.39, 0.29) is 0 Å². The molecule has 0 spiro atoms. The van der Waals surface area contributed by atoms with Crippen molar-refractivity contribution in [1.29, 1.82) is 0 Å². The Balaban J connectivity index is 1.08. The van der Waals surface area contributed by atoms with E-state index < -0.39 is 11.7 Å². The second-order valence-electron chi connectivity index (χ2n) is 17.3. The zero-order valence-electron chi connectivity index (χ0n) is 37.7. The van der Waals surface area contributed by atoms with Gasteiger partial charge in [0.05, 0.1) is 45.6 Å². The zero-order chi connectivity index (χ0) is 46.5. The van der Waals surface area contributed by atoms with Gasteiger partial charge in [-0.05, 0) is 192 Å². The highest BCUT2D eigenvalue weighted by molar-refractivity contribution is 5.88. The Labute approximate surface area is 395 Å². The first-order valence-electron chi connectivity index (χ1n) is 22.3. The van der Waals surface area contributed by atoms with Crippen molar-refractivity contribution >= 4 is 11.8 Å². The summed E-state index contributed by atoms with van der Waals surface area (Å²) in [5.74, 6) is 0. The van der Waals surface area contributed by atoms with Crippen LogP contribution in [0.1, 0.15) is 20.8 Å². The van der Waals surface area contributed by atoms with Crippen LogP contribution < -0.4 is 5.32 Å². The highest BCUT2D eigenvalue weighted by Gasteiger charge is 2.18. The molecule has 6 heterocycles. The van der Waals surface area contributed by atoms with Crippen LogP contribution in [0.5, 0.6) is 0 Å². The van der Waals surface area contributed by atoms with Gasteiger partial charge in [-0.15, -0.1) is 0 Å². The molecule has 0 radical (unpaired) electrons. The van der Waals surface area contributed by atoms with E-state index in [0.717, 1.165) is 101 Å². The molecule has 10 aromatic rings. The van der Waals surface area contributed by atoms with Crippen molar-refractivity contribution in [3.05, 3.63) is 213 Å². The molecule has 1 N–H and O–H groups in total. The van der Waals surface area contributed by atoms with Gasteiger partial charge in [0, 0.05) is 30.5 Å². The Morgan fingerprint density at radius 3 is 1.00 bits per heavy atom. The number of nitrogens with one attached hydrogen (secondary N) is 1. The van der Waals surface area contributed by atoms with Crippen molar-refractivity contribution in [3.63, 3.8) is 0 Å². The molecule has 328 valence electrons. The number of ether oxygens (including phenoxy) is 1. The Bertz CT molecular complexity index is 3080. The van der Waals surface area contributed by atoms with Crippen molar-refractivity contribution in [2.24, 2.45) is 0 Å². The number of benzene rings is 4. The van der Waals surface area contributed by atoms with Crippen molar-refractivity contribution < 1.29 is 9.53 Å². The van der Waals surface area contributed by atoms with E-state index in [2.05, 4.69) is 116 Å². The summed E-state index contributed by atoms with van der Waals surface area (Å²) in [7, 11) is 0. The van der Waals surface area contributed by atoms with E-state index in [1.807, 2.05) is 118 Å². The van der Waals surface area contributed by atoms with E-state index in [0.29, 0.717) is 5.69 Å². The molecule has 0 saturated heterocycles. The maximum absolute atomic E-state index is 12.7. The van der Waals surface area contributed by atoms with Crippen LogP contribution in [0.25, 0.3) is 101 Å². The third kappa shape index (κ3) is 9.97. The van der Waals surface area contributed by atoms with Crippen LogP contribution in [0.3, 0.4) is 0 Å². The quantitative estimate of drug-likeness (QED) is 0.144. The molecule has 4 aromatic carbocycles. The number of hydrogen-bond donors (Lipinski definition) is 1. The molecule has 10 rings (SSSR count). The molecule has 0 aliphatic carbocycles. The average molecular weight is 884 g/mol. The number of amides is 1. The molecule has 6 aromatic heterocycles. The molecule has 0 bridgehead atoms. The molecule has 0 aliphatic heterocycles. The number of carbonyl (C=O) groups excluding carboxylic acids is 1. The van der Waals surface area contributed by atoms with Crippen molar-refractivity contribution in [2.45, 2.75) is 26.4 Å². The maximum Gasteiger partial charge on any atom is 0.412 e. The fourth-order valence-corrected chi connectivity index (χ4v) is 8.03. The van der Waals surface area contributed by atoms with Gasteiger partial charge in [-0.25, -0.2) is 14.8 Å². The number of carbonyl (C=O) groups is 1. The average Bonchev–Trinajstić information content (AvgIpc) is 3.39. The van der Waals surface area contributed by atoms with Crippen LogP contribution in [0.4, 0.5) is 10.5 Å². The van der Waals surface area contributed by atoms with E-state index in [1.54, 1.807) is 24.8 Å². The van der Waals surface area contributed by atoms with Gasteiger partial charge in [-0.3, -0.25) is 25.3 Å². The topological polar surface area (TPSA) is 116 Å². The Morgan fingerprint density at radius 2 is 0.676 bits per heavy atom. The SMILES string of the molecule is CC(C)(C)OC(=O)Nc1ccc(-c2cc(-c3cccc(-c4cc(-c5ccccn5)nc(-c5ccccn5)c4)c3)cc(-c3cccc(-c4cc(-c5ccccn5)nc(-c5ccccn5)c4)c3)c2)cc1. The summed E-state index contributed by atoms with van der Waals surface area (Å²) < 4.78 is 5.52. The van der Waals surface area contributed by atoms with Crippen LogP contribution in [-0.2, 0) is 4.74 Å². The molecule has 9 nitrogen and oxygen atoms in total. The van der Waals surface area contributed by atoms with Crippen molar-refractivity contribution in [2.75, 3.05) is 5.32 Å². The number of pyridine rings is 6. The van der Waals surface area contributed by atoms with Gasteiger partial charge in [0.25, 0.3) is 0 Å². The third-order valence-corrected chi connectivity index (χ3v) is 11.2. The van der Waals surface area contributed by atoms with Crippen LogP contribution in [0, 0.1) is 0 Å². The molecule has 0 unspecified atom stereocenters. The van der Waals surface area contributed by atoms with Crippen LogP contribution in [0.15, 0.2) is 213 Å². The van der Waals surface area contributed by atoms with Gasteiger partial charge in [-0.2, -0.15) is 0 Å². The van der Waals surface area contributed by atoms with E-state index in [4.69, 9.17) is 14.7 Å². The predicted octanol–water partition coefficient (Wildman–Crippen LogP) is 14.4. The molecular weight excluding hydrogens is 839 g/mol. The summed E-state index contributed by atoms with van der Waals surface area (Å²) in [6, 6.07) is 63.5. The van der Waals surface area contributed by atoms with E-state index in [1.165, 1.54) is 0 Å². The monoisotopic (exact) mass is 883 g/mol. The van der Waals surface area contributed by atoms with E-state index in [9.17, 15) is 4.79 Å². The predicted molar refractivity (Wildman–Crippen MR) is 272 cm³/mol. The number of nitrogens with zero attached hydrogens (tertiary/aromatic N) is 6. The van der Waals surface area contributed by atoms with Crippen LogP contribution in [0.2, 0.25) is 0 Å². The summed E-state index contributed by atoms with van der Waals surface area (Å²) >= 11 is 0. The summed E-state index contributed by atoms with van der Waals surface area (Å²) in [6.07, 6.45) is 6.63. The Hall–Kier alpha value is -8.95. The number of anilines is 1. The summed E-state index contributed by atoms with van der Waals surface area (Å²) in [5, 5.41) is 2.87. The van der Waals surface area contributed by atoms with E-state index >= 15 is 0 Å². The molecule has 0 fully saturated rings. The number of rotatable bonds is 10. The maximum atomic E-state index is 12.7. The summed E-state index contributed by atoms with van der Waals surface area (Å²) in [5.41, 5.74) is 16.3. The van der Waals surface area contributed by atoms with Gasteiger partial charge in [0.2, 0.25) is 0 Å². The minimum Gasteiger partial charge on any atom is -0.444 e. The molecule has 0 saturated carbocycles. The minimum atomic E-state index is -0.615. The lowest BCUT2D eigenvalue weighted by Crippen LogP contribution is -2.27. The smallest absolute Gasteiger partial charge is 0.412 e. The molecule has 68 heavy (non-hydrogen) atoms. The van der Waals surface area contributed by atoms with Crippen LogP contribution >= 0.6 is 0 Å². The number of aromatic nitrogens is 6. The second-order valence-corrected chi connectivity index (χ2v) is 17.3. The summed E-state index contributed by atoms with van der Waals surface area (Å²) in [6.45, 7) is 5.53. The second kappa shape index (κ2) is 18.9. The van der Waals surface area contributed by atoms with Crippen molar-refractivity contribution in [1.82, 2.24) is 29.9 Å². The number of hydrogen-bond acceptors (Lipinski definition) is 8. The first-order valence-corrected chi connectivity index (χ1v) is 22.3. The Morgan fingerprint density at radius 1 is 0.353 bits per heavy atom. The lowest BCUT2D eigenvalue weighted by Gasteiger charge is -2.19. The largest absolute Gasteiger partial charge is 0.444 e. The normalized spacial score (nSPS) is 11.2. The lowest BCUT2D eigenvalue weighted by molar-refractivity contribution is 0.0636. The van der Waals surface area contributed by atoms with Gasteiger partial charge in [0.15, 0.2) is 0 Å². The highest BCUT2D eigenvalue weighted by Crippen LogP contribution is 2.38. The fraction of sp³-hybridized carbons (Fsp3) is 0.0678. The van der Waals surface area contributed by atoms with Gasteiger partial charge in [-0.1, -0.05) is 72.8 Å². The molecule has 0 atom stereocenters. The summed E-state index contributed by atoms with van der Waals surface area (Å²) in [4.78, 5) is 41.2. The third-order valence-electron chi connectivity index (χ3n) is 11.2. The molecular formula is C59H45N7O2. The molecule has 9 heteroatoms. The van der Waals surface area contributed by atoms with Crippen LogP contribution in [-0.4, -0.2) is 41.6 Å². The van der Waals surface area contributed by atoms with Gasteiger partial charge in [0.1, 0.15) is 5.60 Å². The lowest BCUT2D eigenvalue weighted by atomic mass is 9.91. The molecule has 0 aliphatic rings. The van der Waals surface area contributed by atoms with Crippen molar-refractivity contribution in [3.8, 4) is 101 Å². The zero-order valence-corrected chi connectivity index (χ0v) is 37.7. The first kappa shape index (κ1) is 43.0. The fourth-order valence-electron chi connectivity index (χ4n) is 8.03. The van der Waals surface area contributed by atoms with Gasteiger partial charge < -0.3 is 4.74 Å². The Kier molecular flexibility index (Phi) is 11.9. The first-order chi connectivity index (χ1) is 33.2. The minimum absolute atomic E-state index is 0.503. The highest BCUT2D eigenvalue weighted by atomic mass is 16.6. The van der Waals surface area contributed by atoms with Gasteiger partial charge >= 0.3 is 6.09 Å². The standard InChI is InChI=1S/C59H45N7O2/c1-59(2,3)68-58(67)64-49-24-22-39(23-25-49)44-32-45(40-14-12-16-42(30-40)47-35-54(50-18-4-8-26-60-50)65-55(36-47)51-19-5-9-27-61-51)34-46(33-44)41-15-13-17-43(31-41)48-37-56(52-20-6-10-28-62-52)66-57(38-48)53-21-7-11-29-63-53/h4-38H,1-3H3,(H,64,67).